The lowest BCUT2D eigenvalue weighted by Crippen LogP contribution is -2.54. The van der Waals surface area contributed by atoms with Gasteiger partial charge in [0.05, 0.1) is 6.04 Å². The first-order valence-corrected chi connectivity index (χ1v) is 4.97. The standard InChI is InChI=1S/C9H16F2N2/c10-9(11)3-1-2-8(9)13-7-4-6(12)5-7/h6-8,13H,1-5,12H2. The predicted molar refractivity (Wildman–Crippen MR) is 46.7 cm³/mol. The third kappa shape index (κ3) is 1.83. The third-order valence-electron chi connectivity index (χ3n) is 3.12. The average molecular weight is 190 g/mol. The van der Waals surface area contributed by atoms with Gasteiger partial charge in [0.1, 0.15) is 0 Å². The first-order valence-electron chi connectivity index (χ1n) is 4.97. The van der Waals surface area contributed by atoms with Crippen LogP contribution in [-0.2, 0) is 0 Å². The molecule has 0 spiro atoms. The molecule has 2 nitrogen and oxygen atoms in total. The van der Waals surface area contributed by atoms with Crippen LogP contribution in [0.5, 0.6) is 0 Å². The van der Waals surface area contributed by atoms with E-state index < -0.39 is 12.0 Å². The molecule has 0 aromatic rings. The zero-order valence-electron chi connectivity index (χ0n) is 7.60. The van der Waals surface area contributed by atoms with Crippen molar-refractivity contribution < 1.29 is 8.78 Å². The largest absolute Gasteiger partial charge is 0.328 e. The van der Waals surface area contributed by atoms with E-state index in [2.05, 4.69) is 5.32 Å². The molecule has 2 fully saturated rings. The van der Waals surface area contributed by atoms with Gasteiger partial charge >= 0.3 is 0 Å². The molecule has 0 heterocycles. The Hall–Kier alpha value is -0.220. The Balaban J connectivity index is 1.81. The van der Waals surface area contributed by atoms with E-state index in [0.717, 1.165) is 12.8 Å². The molecule has 76 valence electrons. The summed E-state index contributed by atoms with van der Waals surface area (Å²) >= 11 is 0. The van der Waals surface area contributed by atoms with Crippen LogP contribution in [0.1, 0.15) is 32.1 Å². The average Bonchev–Trinajstić information content (AvgIpc) is 2.28. The summed E-state index contributed by atoms with van der Waals surface area (Å²) in [5, 5.41) is 3.01. The number of halogens is 2. The van der Waals surface area contributed by atoms with Crippen molar-refractivity contribution in [3.8, 4) is 0 Å². The van der Waals surface area contributed by atoms with Crippen LogP contribution in [0, 0.1) is 0 Å². The highest BCUT2D eigenvalue weighted by Crippen LogP contribution is 2.36. The van der Waals surface area contributed by atoms with E-state index >= 15 is 0 Å². The fraction of sp³-hybridized carbons (Fsp3) is 1.00. The van der Waals surface area contributed by atoms with E-state index in [1.165, 1.54) is 0 Å². The normalized spacial score (nSPS) is 43.2. The van der Waals surface area contributed by atoms with Crippen molar-refractivity contribution in [1.82, 2.24) is 5.32 Å². The van der Waals surface area contributed by atoms with Crippen LogP contribution in [-0.4, -0.2) is 24.0 Å². The van der Waals surface area contributed by atoms with Crippen LogP contribution in [0.3, 0.4) is 0 Å². The van der Waals surface area contributed by atoms with Crippen LogP contribution in [0.2, 0.25) is 0 Å². The molecule has 2 saturated carbocycles. The molecule has 0 aliphatic heterocycles. The van der Waals surface area contributed by atoms with Crippen molar-refractivity contribution in [1.29, 1.82) is 0 Å². The molecule has 0 bridgehead atoms. The molecule has 13 heavy (non-hydrogen) atoms. The van der Waals surface area contributed by atoms with Crippen molar-refractivity contribution in [2.75, 3.05) is 0 Å². The van der Waals surface area contributed by atoms with Gasteiger partial charge in [-0.3, -0.25) is 0 Å². The highest BCUT2D eigenvalue weighted by atomic mass is 19.3. The van der Waals surface area contributed by atoms with Crippen molar-refractivity contribution >= 4 is 0 Å². The molecule has 0 amide bonds. The van der Waals surface area contributed by atoms with E-state index in [4.69, 9.17) is 5.73 Å². The summed E-state index contributed by atoms with van der Waals surface area (Å²) in [6.45, 7) is 0. The second kappa shape index (κ2) is 3.17. The van der Waals surface area contributed by atoms with Crippen molar-refractivity contribution in [3.63, 3.8) is 0 Å². The van der Waals surface area contributed by atoms with E-state index in [1.807, 2.05) is 0 Å². The quantitative estimate of drug-likeness (QED) is 0.687. The lowest BCUT2D eigenvalue weighted by Gasteiger charge is -2.36. The van der Waals surface area contributed by atoms with E-state index in [0.29, 0.717) is 12.8 Å². The highest BCUT2D eigenvalue weighted by Gasteiger charge is 2.45. The predicted octanol–water partition coefficient (Wildman–Crippen LogP) is 1.25. The van der Waals surface area contributed by atoms with Crippen molar-refractivity contribution in [2.24, 2.45) is 5.73 Å². The molecule has 0 saturated heterocycles. The minimum absolute atomic E-state index is 0.0451. The summed E-state index contributed by atoms with van der Waals surface area (Å²) in [4.78, 5) is 0. The Labute approximate surface area is 76.9 Å². The van der Waals surface area contributed by atoms with Crippen LogP contribution >= 0.6 is 0 Å². The van der Waals surface area contributed by atoms with E-state index in [9.17, 15) is 8.78 Å². The minimum Gasteiger partial charge on any atom is -0.328 e. The summed E-state index contributed by atoms with van der Waals surface area (Å²) in [5.74, 6) is -2.49. The van der Waals surface area contributed by atoms with Gasteiger partial charge in [0.25, 0.3) is 5.92 Å². The molecule has 2 aliphatic carbocycles. The van der Waals surface area contributed by atoms with Gasteiger partial charge in [0.2, 0.25) is 0 Å². The van der Waals surface area contributed by atoms with Gasteiger partial charge in [-0.05, 0) is 25.7 Å². The van der Waals surface area contributed by atoms with E-state index in [-0.39, 0.29) is 18.5 Å². The molecule has 1 unspecified atom stereocenters. The van der Waals surface area contributed by atoms with Crippen LogP contribution < -0.4 is 11.1 Å². The summed E-state index contributed by atoms with van der Waals surface area (Å²) in [6.07, 6.45) is 3.00. The molecule has 0 aromatic heterocycles. The molecular formula is C9H16F2N2. The summed E-state index contributed by atoms with van der Waals surface area (Å²) in [7, 11) is 0. The molecule has 0 aromatic carbocycles. The Morgan fingerprint density at radius 3 is 2.46 bits per heavy atom. The van der Waals surface area contributed by atoms with Gasteiger partial charge < -0.3 is 11.1 Å². The van der Waals surface area contributed by atoms with Crippen molar-refractivity contribution in [3.05, 3.63) is 0 Å². The SMILES string of the molecule is NC1CC(NC2CCCC2(F)F)C1. The first-order chi connectivity index (χ1) is 6.08. The highest BCUT2D eigenvalue weighted by molar-refractivity contribution is 4.96. The summed E-state index contributed by atoms with van der Waals surface area (Å²) < 4.78 is 26.3. The zero-order valence-corrected chi connectivity index (χ0v) is 7.60. The Kier molecular flexibility index (Phi) is 2.28. The maximum atomic E-state index is 13.1. The molecular weight excluding hydrogens is 174 g/mol. The lowest BCUT2D eigenvalue weighted by molar-refractivity contribution is -0.0248. The van der Waals surface area contributed by atoms with Crippen LogP contribution in [0.4, 0.5) is 8.78 Å². The Bertz CT molecular complexity index is 190. The van der Waals surface area contributed by atoms with Crippen LogP contribution in [0.15, 0.2) is 0 Å². The van der Waals surface area contributed by atoms with Gasteiger partial charge in [-0.15, -0.1) is 0 Å². The molecule has 3 N–H and O–H groups in total. The molecule has 4 heteroatoms. The maximum Gasteiger partial charge on any atom is 0.263 e. The topological polar surface area (TPSA) is 38.0 Å². The summed E-state index contributed by atoms with van der Waals surface area (Å²) in [6, 6.07) is -0.124. The minimum atomic E-state index is -2.49. The zero-order chi connectivity index (χ0) is 9.47. The molecule has 0 radical (unpaired) electrons. The number of nitrogens with two attached hydrogens (primary N) is 1. The summed E-state index contributed by atoms with van der Waals surface area (Å²) in [5.41, 5.74) is 5.58. The fourth-order valence-corrected chi connectivity index (χ4v) is 2.22. The second-order valence-electron chi connectivity index (χ2n) is 4.30. The fourth-order valence-electron chi connectivity index (χ4n) is 2.22. The smallest absolute Gasteiger partial charge is 0.263 e. The maximum absolute atomic E-state index is 13.1. The Morgan fingerprint density at radius 1 is 1.31 bits per heavy atom. The first kappa shape index (κ1) is 9.34. The number of alkyl halides is 2. The molecule has 2 rings (SSSR count). The number of hydrogen-bond acceptors (Lipinski definition) is 2. The van der Waals surface area contributed by atoms with Gasteiger partial charge in [-0.2, -0.15) is 0 Å². The monoisotopic (exact) mass is 190 g/mol. The number of nitrogens with one attached hydrogen (secondary N) is 1. The van der Waals surface area contributed by atoms with Gasteiger partial charge in [-0.1, -0.05) is 0 Å². The second-order valence-corrected chi connectivity index (χ2v) is 4.30. The third-order valence-corrected chi connectivity index (χ3v) is 3.12. The van der Waals surface area contributed by atoms with Crippen LogP contribution in [0.25, 0.3) is 0 Å². The Morgan fingerprint density at radius 2 is 2.00 bits per heavy atom. The van der Waals surface area contributed by atoms with Crippen molar-refractivity contribution in [2.45, 2.75) is 56.2 Å². The number of hydrogen-bond donors (Lipinski definition) is 2. The van der Waals surface area contributed by atoms with Gasteiger partial charge in [0, 0.05) is 18.5 Å². The van der Waals surface area contributed by atoms with Gasteiger partial charge in [0.15, 0.2) is 0 Å². The number of rotatable bonds is 2. The molecule has 2 aliphatic rings. The lowest BCUT2D eigenvalue weighted by atomic mass is 9.87. The molecule has 1 atom stereocenters. The van der Waals surface area contributed by atoms with Gasteiger partial charge in [-0.25, -0.2) is 8.78 Å². The van der Waals surface area contributed by atoms with E-state index in [1.54, 1.807) is 0 Å².